The Bertz CT molecular complexity index is 802. The number of nitrogens with zero attached hydrogens (tertiary/aromatic N) is 1. The van der Waals surface area contributed by atoms with Crippen molar-refractivity contribution < 1.29 is 22.7 Å². The first kappa shape index (κ1) is 24.5. The van der Waals surface area contributed by atoms with E-state index in [4.69, 9.17) is 0 Å². The van der Waals surface area contributed by atoms with Crippen molar-refractivity contribution >= 4 is 41.5 Å². The smallest absolute Gasteiger partial charge is 0.405 e. The average molecular weight is 522 g/mol. The van der Waals surface area contributed by atoms with Gasteiger partial charge in [-0.2, -0.15) is 0 Å². The summed E-state index contributed by atoms with van der Waals surface area (Å²) >= 11 is 0. The molecule has 158 valence electrons. The number of guanidine groups is 1. The zero-order valence-corrected chi connectivity index (χ0v) is 18.0. The maximum absolute atomic E-state index is 12.5. The lowest BCUT2D eigenvalue weighted by Crippen LogP contribution is -2.41. The molecule has 0 spiro atoms. The van der Waals surface area contributed by atoms with Crippen molar-refractivity contribution in [3.05, 3.63) is 60.2 Å². The Morgan fingerprint density at radius 2 is 1.69 bits per heavy atom. The van der Waals surface area contributed by atoms with Gasteiger partial charge in [-0.1, -0.05) is 36.4 Å². The third-order valence-electron chi connectivity index (χ3n) is 3.42. The highest BCUT2D eigenvalue weighted by Gasteiger charge is 2.31. The Morgan fingerprint density at radius 1 is 1.03 bits per heavy atom. The van der Waals surface area contributed by atoms with Crippen molar-refractivity contribution in [1.29, 1.82) is 0 Å². The minimum Gasteiger partial charge on any atom is -0.405 e. The number of benzene rings is 2. The molecule has 0 fully saturated rings. The molecule has 2 rings (SSSR count). The van der Waals surface area contributed by atoms with Gasteiger partial charge < -0.3 is 20.7 Å². The first-order chi connectivity index (χ1) is 13.4. The molecule has 0 aliphatic carbocycles. The van der Waals surface area contributed by atoms with Gasteiger partial charge in [0.15, 0.2) is 5.96 Å². The monoisotopic (exact) mass is 522 g/mol. The second-order valence-electron chi connectivity index (χ2n) is 5.62. The van der Waals surface area contributed by atoms with Crippen molar-refractivity contribution in [2.45, 2.75) is 19.8 Å². The molecule has 0 bridgehead atoms. The van der Waals surface area contributed by atoms with Gasteiger partial charge in [0.25, 0.3) is 0 Å². The molecule has 29 heavy (non-hydrogen) atoms. The van der Waals surface area contributed by atoms with E-state index in [9.17, 15) is 18.0 Å². The summed E-state index contributed by atoms with van der Waals surface area (Å²) in [6.07, 6.45) is -4.78. The van der Waals surface area contributed by atoms with Crippen LogP contribution in [0.3, 0.4) is 0 Å². The number of para-hydroxylation sites is 2. The van der Waals surface area contributed by atoms with E-state index in [1.807, 2.05) is 13.0 Å². The van der Waals surface area contributed by atoms with E-state index in [0.29, 0.717) is 18.2 Å². The van der Waals surface area contributed by atoms with Crippen LogP contribution in [0.2, 0.25) is 0 Å². The number of halogens is 4. The van der Waals surface area contributed by atoms with Crippen LogP contribution < -0.4 is 20.7 Å². The second-order valence-corrected chi connectivity index (χ2v) is 5.62. The number of hydrogen-bond acceptors (Lipinski definition) is 3. The predicted octanol–water partition coefficient (Wildman–Crippen LogP) is 3.90. The Kier molecular flexibility index (Phi) is 10.3. The normalized spacial score (nSPS) is 11.2. The molecule has 0 unspecified atom stereocenters. The third-order valence-corrected chi connectivity index (χ3v) is 3.42. The van der Waals surface area contributed by atoms with Gasteiger partial charge in [-0.05, 0) is 25.1 Å². The summed E-state index contributed by atoms with van der Waals surface area (Å²) in [7, 11) is 0. The number of hydrogen-bond donors (Lipinski definition) is 3. The number of carbonyl (C=O) groups is 1. The van der Waals surface area contributed by atoms with Gasteiger partial charge in [-0.25, -0.2) is 4.99 Å². The summed E-state index contributed by atoms with van der Waals surface area (Å²) in [5.74, 6) is -0.290. The molecule has 2 aromatic rings. The molecule has 0 aliphatic rings. The number of anilines is 1. The van der Waals surface area contributed by atoms with E-state index in [1.54, 1.807) is 30.3 Å². The summed E-state index contributed by atoms with van der Waals surface area (Å²) in [4.78, 5) is 16.2. The highest BCUT2D eigenvalue weighted by Crippen LogP contribution is 2.26. The topological polar surface area (TPSA) is 74.8 Å². The van der Waals surface area contributed by atoms with Crippen LogP contribution in [0.15, 0.2) is 59.6 Å². The largest absolute Gasteiger partial charge is 0.573 e. The standard InChI is InChI=1S/C19H21F3N4O2.HI/c1-2-23-18(25-13-17(27)26-15-9-4-3-5-10-15)24-12-14-8-6-7-11-16(14)28-19(20,21)22;/h3-11H,2,12-13H2,1H3,(H,26,27)(H2,23,24,25);1H. The fraction of sp³-hybridized carbons (Fsp3) is 0.263. The van der Waals surface area contributed by atoms with Gasteiger partial charge in [-0.15, -0.1) is 37.1 Å². The van der Waals surface area contributed by atoms with Gasteiger partial charge in [0, 0.05) is 17.8 Å². The SMILES string of the molecule is CCNC(=NCc1ccccc1OC(F)(F)F)NCC(=O)Nc1ccccc1.I. The quantitative estimate of drug-likeness (QED) is 0.293. The van der Waals surface area contributed by atoms with Crippen LogP contribution in [0.1, 0.15) is 12.5 Å². The van der Waals surface area contributed by atoms with Crippen molar-refractivity contribution in [1.82, 2.24) is 10.6 Å². The molecule has 6 nitrogen and oxygen atoms in total. The van der Waals surface area contributed by atoms with E-state index in [0.717, 1.165) is 0 Å². The molecule has 10 heteroatoms. The molecule has 0 saturated heterocycles. The van der Waals surface area contributed by atoms with Gasteiger partial charge >= 0.3 is 6.36 Å². The Morgan fingerprint density at radius 3 is 2.34 bits per heavy atom. The summed E-state index contributed by atoms with van der Waals surface area (Å²) in [5.41, 5.74) is 0.931. The molecule has 3 N–H and O–H groups in total. The van der Waals surface area contributed by atoms with Gasteiger partial charge in [0.1, 0.15) is 5.75 Å². The van der Waals surface area contributed by atoms with Crippen molar-refractivity contribution in [2.75, 3.05) is 18.4 Å². The number of nitrogens with one attached hydrogen (secondary N) is 3. The fourth-order valence-electron chi connectivity index (χ4n) is 2.26. The van der Waals surface area contributed by atoms with E-state index in [2.05, 4.69) is 25.7 Å². The minimum absolute atomic E-state index is 0. The van der Waals surface area contributed by atoms with Gasteiger partial charge in [0.05, 0.1) is 13.1 Å². The molecular formula is C19H22F3IN4O2. The molecule has 0 radical (unpaired) electrons. The van der Waals surface area contributed by atoms with Crippen molar-refractivity contribution in [3.8, 4) is 5.75 Å². The van der Waals surface area contributed by atoms with Crippen molar-refractivity contribution in [3.63, 3.8) is 0 Å². The van der Waals surface area contributed by atoms with E-state index < -0.39 is 6.36 Å². The maximum Gasteiger partial charge on any atom is 0.573 e. The Labute approximate surface area is 184 Å². The maximum atomic E-state index is 12.5. The van der Waals surface area contributed by atoms with E-state index >= 15 is 0 Å². The van der Waals surface area contributed by atoms with Crippen LogP contribution in [-0.4, -0.2) is 31.3 Å². The average Bonchev–Trinajstić information content (AvgIpc) is 2.64. The van der Waals surface area contributed by atoms with Crippen LogP contribution in [0, 0.1) is 0 Å². The summed E-state index contributed by atoms with van der Waals surface area (Å²) in [6, 6.07) is 14.7. The minimum atomic E-state index is -4.78. The Hall–Kier alpha value is -2.50. The summed E-state index contributed by atoms with van der Waals surface area (Å²) in [5, 5.41) is 8.50. The van der Waals surface area contributed by atoms with Gasteiger partial charge in [0.2, 0.25) is 5.91 Å². The number of aliphatic imine (C=N–C) groups is 1. The lowest BCUT2D eigenvalue weighted by Gasteiger charge is -2.14. The lowest BCUT2D eigenvalue weighted by molar-refractivity contribution is -0.274. The molecule has 0 aliphatic heterocycles. The van der Waals surface area contributed by atoms with E-state index in [1.165, 1.54) is 18.2 Å². The lowest BCUT2D eigenvalue weighted by atomic mass is 10.2. The number of rotatable bonds is 7. The van der Waals surface area contributed by atoms with Gasteiger partial charge in [-0.3, -0.25) is 4.79 Å². The zero-order valence-electron chi connectivity index (χ0n) is 15.6. The van der Waals surface area contributed by atoms with Crippen molar-refractivity contribution in [2.24, 2.45) is 4.99 Å². The summed E-state index contributed by atoms with van der Waals surface area (Å²) < 4.78 is 41.5. The first-order valence-corrected chi connectivity index (χ1v) is 8.58. The highest BCUT2D eigenvalue weighted by molar-refractivity contribution is 14.0. The van der Waals surface area contributed by atoms with Crippen LogP contribution in [0.4, 0.5) is 18.9 Å². The van der Waals surface area contributed by atoms with Crippen LogP contribution in [-0.2, 0) is 11.3 Å². The number of amides is 1. The molecule has 0 saturated carbocycles. The predicted molar refractivity (Wildman–Crippen MR) is 116 cm³/mol. The first-order valence-electron chi connectivity index (χ1n) is 8.58. The number of ether oxygens (including phenoxy) is 1. The zero-order chi connectivity index (χ0) is 20.4. The number of alkyl halides is 3. The fourth-order valence-corrected chi connectivity index (χ4v) is 2.26. The van der Waals surface area contributed by atoms with Crippen LogP contribution in [0.25, 0.3) is 0 Å². The molecule has 2 aromatic carbocycles. The highest BCUT2D eigenvalue weighted by atomic mass is 127. The molecule has 0 atom stereocenters. The number of carbonyl (C=O) groups excluding carboxylic acids is 1. The molecule has 0 aromatic heterocycles. The Balaban J connectivity index is 0.00000420. The third kappa shape index (κ3) is 9.50. The van der Waals surface area contributed by atoms with E-state index in [-0.39, 0.29) is 54.3 Å². The van der Waals surface area contributed by atoms with Crippen LogP contribution in [0.5, 0.6) is 5.75 Å². The molecule has 0 heterocycles. The molecular weight excluding hydrogens is 500 g/mol. The summed E-state index contributed by atoms with van der Waals surface area (Å²) in [6.45, 7) is 2.25. The second kappa shape index (κ2) is 12.1. The van der Waals surface area contributed by atoms with Crippen LogP contribution >= 0.6 is 24.0 Å². The molecule has 1 amide bonds.